The zero-order valence-electron chi connectivity index (χ0n) is 14.7. The molecule has 0 saturated carbocycles. The van der Waals surface area contributed by atoms with Crippen LogP contribution < -0.4 is 10.6 Å². The number of carbonyl (C=O) groups is 1. The zero-order valence-corrected chi connectivity index (χ0v) is 14.7. The summed E-state index contributed by atoms with van der Waals surface area (Å²) in [6, 6.07) is 10.2. The summed E-state index contributed by atoms with van der Waals surface area (Å²) >= 11 is 0. The third-order valence-electron chi connectivity index (χ3n) is 3.59. The molecule has 0 aliphatic rings. The van der Waals surface area contributed by atoms with Crippen molar-refractivity contribution in [2.45, 2.75) is 20.0 Å². The molecule has 0 heterocycles. The Labute approximate surface area is 151 Å². The SMILES string of the molecule is CCNC(=NCc1ccc(C(=O)OC)cc1)NCc1cc(F)ccc1F. The molecule has 2 N–H and O–H groups in total. The first-order valence-electron chi connectivity index (χ1n) is 8.17. The molecule has 0 aromatic heterocycles. The molecule has 0 bridgehead atoms. The number of hydrogen-bond acceptors (Lipinski definition) is 3. The Morgan fingerprint density at radius 2 is 1.85 bits per heavy atom. The quantitative estimate of drug-likeness (QED) is 0.472. The van der Waals surface area contributed by atoms with E-state index in [4.69, 9.17) is 0 Å². The number of halogens is 2. The third kappa shape index (κ3) is 5.54. The maximum absolute atomic E-state index is 13.7. The molecular formula is C19H21F2N3O2. The molecule has 0 unspecified atom stereocenters. The van der Waals surface area contributed by atoms with Crippen molar-refractivity contribution in [1.82, 2.24) is 10.6 Å². The van der Waals surface area contributed by atoms with Crippen LogP contribution in [0.4, 0.5) is 8.78 Å². The predicted octanol–water partition coefficient (Wildman–Crippen LogP) is 3.01. The second kappa shape index (κ2) is 9.50. The fourth-order valence-corrected chi connectivity index (χ4v) is 2.23. The lowest BCUT2D eigenvalue weighted by Gasteiger charge is -2.12. The van der Waals surface area contributed by atoms with E-state index in [1.807, 2.05) is 6.92 Å². The molecule has 138 valence electrons. The van der Waals surface area contributed by atoms with Gasteiger partial charge in [-0.05, 0) is 42.8 Å². The second-order valence-electron chi connectivity index (χ2n) is 5.47. The molecule has 0 amide bonds. The Balaban J connectivity index is 2.01. The van der Waals surface area contributed by atoms with Crippen LogP contribution in [-0.2, 0) is 17.8 Å². The maximum atomic E-state index is 13.7. The van der Waals surface area contributed by atoms with Crippen molar-refractivity contribution < 1.29 is 18.3 Å². The zero-order chi connectivity index (χ0) is 18.9. The van der Waals surface area contributed by atoms with Crippen molar-refractivity contribution in [2.24, 2.45) is 4.99 Å². The summed E-state index contributed by atoms with van der Waals surface area (Å²) in [6.45, 7) is 3.00. The number of methoxy groups -OCH3 is 1. The summed E-state index contributed by atoms with van der Waals surface area (Å²) in [6.07, 6.45) is 0. The summed E-state index contributed by atoms with van der Waals surface area (Å²) in [7, 11) is 1.33. The predicted molar refractivity (Wildman–Crippen MR) is 95.8 cm³/mol. The first-order chi connectivity index (χ1) is 12.5. The molecule has 26 heavy (non-hydrogen) atoms. The highest BCUT2D eigenvalue weighted by Crippen LogP contribution is 2.09. The Kier molecular flexibility index (Phi) is 7.08. The Morgan fingerprint density at radius 3 is 2.50 bits per heavy atom. The minimum Gasteiger partial charge on any atom is -0.465 e. The van der Waals surface area contributed by atoms with Gasteiger partial charge in [-0.2, -0.15) is 0 Å². The molecule has 0 saturated heterocycles. The van der Waals surface area contributed by atoms with Crippen LogP contribution in [0.3, 0.4) is 0 Å². The van der Waals surface area contributed by atoms with Crippen LogP contribution >= 0.6 is 0 Å². The first-order valence-corrected chi connectivity index (χ1v) is 8.17. The van der Waals surface area contributed by atoms with Crippen LogP contribution in [0.25, 0.3) is 0 Å². The van der Waals surface area contributed by atoms with E-state index in [0.29, 0.717) is 24.6 Å². The Bertz CT molecular complexity index is 777. The van der Waals surface area contributed by atoms with Gasteiger partial charge in [0.1, 0.15) is 11.6 Å². The van der Waals surface area contributed by atoms with Crippen LogP contribution in [0.15, 0.2) is 47.5 Å². The Morgan fingerprint density at radius 1 is 1.12 bits per heavy atom. The number of benzene rings is 2. The smallest absolute Gasteiger partial charge is 0.337 e. The average Bonchev–Trinajstić information content (AvgIpc) is 2.66. The van der Waals surface area contributed by atoms with Crippen LogP contribution in [0, 0.1) is 11.6 Å². The highest BCUT2D eigenvalue weighted by molar-refractivity contribution is 5.89. The van der Waals surface area contributed by atoms with Crippen molar-refractivity contribution >= 4 is 11.9 Å². The lowest BCUT2D eigenvalue weighted by atomic mass is 10.1. The molecule has 7 heteroatoms. The monoisotopic (exact) mass is 361 g/mol. The molecule has 2 aromatic carbocycles. The number of esters is 1. The minimum absolute atomic E-state index is 0.108. The summed E-state index contributed by atoms with van der Waals surface area (Å²) in [4.78, 5) is 15.8. The van der Waals surface area contributed by atoms with Crippen molar-refractivity contribution in [3.8, 4) is 0 Å². The van der Waals surface area contributed by atoms with Gasteiger partial charge in [0, 0.05) is 18.7 Å². The summed E-state index contributed by atoms with van der Waals surface area (Å²) < 4.78 is 31.6. The molecule has 0 aliphatic heterocycles. The number of rotatable bonds is 6. The van der Waals surface area contributed by atoms with Gasteiger partial charge < -0.3 is 15.4 Å². The van der Waals surface area contributed by atoms with Crippen LogP contribution in [-0.4, -0.2) is 25.6 Å². The molecular weight excluding hydrogens is 340 g/mol. The van der Waals surface area contributed by atoms with Gasteiger partial charge in [-0.3, -0.25) is 0 Å². The molecule has 0 atom stereocenters. The standard InChI is InChI=1S/C19H21F2N3O2/c1-3-22-19(24-12-15-10-16(20)8-9-17(15)21)23-11-13-4-6-14(7-5-13)18(25)26-2/h4-10H,3,11-12H2,1-2H3,(H2,22,23,24). The second-order valence-corrected chi connectivity index (χ2v) is 5.47. The van der Waals surface area contributed by atoms with Crippen molar-refractivity contribution in [2.75, 3.05) is 13.7 Å². The van der Waals surface area contributed by atoms with E-state index in [0.717, 1.165) is 23.8 Å². The van der Waals surface area contributed by atoms with E-state index in [1.54, 1.807) is 24.3 Å². The lowest BCUT2D eigenvalue weighted by Crippen LogP contribution is -2.37. The molecule has 0 aliphatic carbocycles. The minimum atomic E-state index is -0.490. The van der Waals surface area contributed by atoms with Gasteiger partial charge in [0.15, 0.2) is 5.96 Å². The number of nitrogens with zero attached hydrogens (tertiary/aromatic N) is 1. The van der Waals surface area contributed by atoms with Crippen molar-refractivity contribution in [1.29, 1.82) is 0 Å². The summed E-state index contributed by atoms with van der Waals surface area (Å²) in [5, 5.41) is 6.02. The molecule has 0 radical (unpaired) electrons. The van der Waals surface area contributed by atoms with E-state index in [1.165, 1.54) is 7.11 Å². The summed E-state index contributed by atoms with van der Waals surface area (Å²) in [5.41, 5.74) is 1.58. The number of hydrogen-bond donors (Lipinski definition) is 2. The molecule has 5 nitrogen and oxygen atoms in total. The first kappa shape index (κ1) is 19.4. The van der Waals surface area contributed by atoms with E-state index >= 15 is 0 Å². The van der Waals surface area contributed by atoms with Crippen LogP contribution in [0.2, 0.25) is 0 Å². The molecule has 2 aromatic rings. The number of carbonyl (C=O) groups excluding carboxylic acids is 1. The highest BCUT2D eigenvalue weighted by Gasteiger charge is 2.06. The number of aliphatic imine (C=N–C) groups is 1. The maximum Gasteiger partial charge on any atom is 0.337 e. The topological polar surface area (TPSA) is 62.7 Å². The Hall–Kier alpha value is -2.96. The lowest BCUT2D eigenvalue weighted by molar-refractivity contribution is 0.0600. The number of ether oxygens (including phenoxy) is 1. The van der Waals surface area contributed by atoms with Gasteiger partial charge in [-0.15, -0.1) is 0 Å². The van der Waals surface area contributed by atoms with E-state index in [2.05, 4.69) is 20.4 Å². The number of guanidine groups is 1. The van der Waals surface area contributed by atoms with Gasteiger partial charge in [-0.25, -0.2) is 18.6 Å². The van der Waals surface area contributed by atoms with Gasteiger partial charge in [-0.1, -0.05) is 12.1 Å². The van der Waals surface area contributed by atoms with Gasteiger partial charge in [0.05, 0.1) is 19.2 Å². The fraction of sp³-hybridized carbons (Fsp3) is 0.263. The van der Waals surface area contributed by atoms with Gasteiger partial charge in [0.2, 0.25) is 0 Å². The third-order valence-corrected chi connectivity index (χ3v) is 3.59. The summed E-state index contributed by atoms with van der Waals surface area (Å²) in [5.74, 6) is -0.885. The largest absolute Gasteiger partial charge is 0.465 e. The highest BCUT2D eigenvalue weighted by atomic mass is 19.1. The van der Waals surface area contributed by atoms with E-state index in [9.17, 15) is 13.6 Å². The molecule has 0 spiro atoms. The fourth-order valence-electron chi connectivity index (χ4n) is 2.23. The molecule has 2 rings (SSSR count). The average molecular weight is 361 g/mol. The van der Waals surface area contributed by atoms with Crippen molar-refractivity contribution in [3.05, 3.63) is 70.8 Å². The van der Waals surface area contributed by atoms with Crippen LogP contribution in [0.5, 0.6) is 0 Å². The van der Waals surface area contributed by atoms with Gasteiger partial charge in [0.25, 0.3) is 0 Å². The number of nitrogens with one attached hydrogen (secondary N) is 2. The van der Waals surface area contributed by atoms with E-state index in [-0.39, 0.29) is 12.1 Å². The van der Waals surface area contributed by atoms with Crippen molar-refractivity contribution in [3.63, 3.8) is 0 Å². The van der Waals surface area contributed by atoms with E-state index < -0.39 is 17.6 Å². The van der Waals surface area contributed by atoms with Crippen LogP contribution in [0.1, 0.15) is 28.4 Å². The molecule has 0 fully saturated rings. The van der Waals surface area contributed by atoms with Gasteiger partial charge >= 0.3 is 5.97 Å². The normalized spacial score (nSPS) is 11.2.